The van der Waals surface area contributed by atoms with Gasteiger partial charge in [-0.15, -0.1) is 0 Å². The van der Waals surface area contributed by atoms with Crippen LogP contribution in [0, 0.1) is 17.2 Å². The maximum atomic E-state index is 13.9. The molecule has 40 heavy (non-hydrogen) atoms. The fourth-order valence-corrected chi connectivity index (χ4v) is 5.73. The van der Waals surface area contributed by atoms with E-state index in [0.717, 1.165) is 25.7 Å². The van der Waals surface area contributed by atoms with E-state index in [9.17, 15) is 14.9 Å². The zero-order valence-electron chi connectivity index (χ0n) is 22.5. The molecule has 0 saturated heterocycles. The van der Waals surface area contributed by atoms with E-state index >= 15 is 0 Å². The zero-order valence-corrected chi connectivity index (χ0v) is 22.5. The Bertz CT molecular complexity index is 1700. The van der Waals surface area contributed by atoms with Crippen LogP contribution in [0.25, 0.3) is 11.1 Å². The van der Waals surface area contributed by atoms with Crippen LogP contribution in [0.5, 0.6) is 5.75 Å². The second-order valence-corrected chi connectivity index (χ2v) is 10.4. The average molecular weight is 540 g/mol. The number of hydrogen-bond acceptors (Lipinski definition) is 9. The largest absolute Gasteiger partial charge is 0.495 e. The number of rotatable bonds is 5. The van der Waals surface area contributed by atoms with Crippen molar-refractivity contribution in [2.45, 2.75) is 51.6 Å². The number of carbonyl (C=O) groups excluding carboxylic acids is 1. The predicted molar refractivity (Wildman–Crippen MR) is 150 cm³/mol. The van der Waals surface area contributed by atoms with Crippen LogP contribution in [0.15, 0.2) is 51.8 Å². The number of anilines is 5. The van der Waals surface area contributed by atoms with Crippen LogP contribution in [0.1, 0.15) is 45.1 Å². The molecule has 3 heterocycles. The van der Waals surface area contributed by atoms with E-state index in [0.29, 0.717) is 57.2 Å². The maximum Gasteiger partial charge on any atom is 0.417 e. The molecule has 204 valence electrons. The molecule has 1 atom stereocenters. The number of hydrogen-bond donors (Lipinski definition) is 2. The molecule has 1 fully saturated rings. The summed E-state index contributed by atoms with van der Waals surface area (Å²) in [5.74, 6) is 1.45. The molecule has 11 nitrogen and oxygen atoms in total. The third-order valence-corrected chi connectivity index (χ3v) is 7.85. The minimum absolute atomic E-state index is 0.113. The third-order valence-electron chi connectivity index (χ3n) is 7.85. The van der Waals surface area contributed by atoms with Gasteiger partial charge in [0.2, 0.25) is 5.95 Å². The van der Waals surface area contributed by atoms with Gasteiger partial charge in [-0.05, 0) is 68.9 Å². The Morgan fingerprint density at radius 1 is 1.12 bits per heavy atom. The number of benzene rings is 2. The van der Waals surface area contributed by atoms with Gasteiger partial charge in [-0.3, -0.25) is 14.7 Å². The number of aromatic amines is 1. The highest BCUT2D eigenvalue weighted by atomic mass is 16.5. The molecule has 0 unspecified atom stereocenters. The Morgan fingerprint density at radius 2 is 1.93 bits per heavy atom. The summed E-state index contributed by atoms with van der Waals surface area (Å²) in [7, 11) is 1.51. The highest BCUT2D eigenvalue weighted by Crippen LogP contribution is 2.43. The lowest BCUT2D eigenvalue weighted by atomic mass is 9.85. The normalized spacial score (nSPS) is 20.8. The van der Waals surface area contributed by atoms with Gasteiger partial charge in [0.25, 0.3) is 5.91 Å². The van der Waals surface area contributed by atoms with Gasteiger partial charge in [0.05, 0.1) is 30.1 Å². The Hall–Kier alpha value is -4.85. The molecule has 1 amide bonds. The van der Waals surface area contributed by atoms with Gasteiger partial charge in [0.1, 0.15) is 23.5 Å². The van der Waals surface area contributed by atoms with Crippen LogP contribution in [0.4, 0.5) is 28.8 Å². The summed E-state index contributed by atoms with van der Waals surface area (Å²) in [6.45, 7) is 4.17. The number of nitrogens with zero attached hydrogens (tertiary/aromatic N) is 5. The summed E-state index contributed by atoms with van der Waals surface area (Å²) in [5.41, 5.74) is 3.09. The molecule has 0 radical (unpaired) electrons. The van der Waals surface area contributed by atoms with Crippen LogP contribution in [0.2, 0.25) is 0 Å². The van der Waals surface area contributed by atoms with Gasteiger partial charge in [0, 0.05) is 17.8 Å². The molecule has 1 saturated carbocycles. The fraction of sp³-hybridized carbons (Fsp3) is 0.345. The standard InChI is InChI=1S/C29H29N7O4/c1-16-4-7-20(8-5-16)35-17(2)27(37)36(21-9-11-24(39-3)18(12-21)14-30)23-15-31-28(34-26(23)35)32-19-6-10-22-25(13-19)40-29(38)33-22/h6,9-13,15-17,20H,4-5,7-8H2,1-3H3,(H,33,38)(H,31,32,34)/t16-,17-,20-/m1/s1. The summed E-state index contributed by atoms with van der Waals surface area (Å²) in [6, 6.07) is 12.2. The van der Waals surface area contributed by atoms with Crippen LogP contribution in [-0.2, 0) is 4.79 Å². The lowest BCUT2D eigenvalue weighted by Crippen LogP contribution is -2.55. The minimum Gasteiger partial charge on any atom is -0.495 e. The monoisotopic (exact) mass is 539 g/mol. The zero-order chi connectivity index (χ0) is 28.0. The van der Waals surface area contributed by atoms with Crippen molar-refractivity contribution >= 4 is 45.8 Å². The van der Waals surface area contributed by atoms with Gasteiger partial charge >= 0.3 is 5.76 Å². The fourth-order valence-electron chi connectivity index (χ4n) is 5.73. The first kappa shape index (κ1) is 25.4. The SMILES string of the molecule is COc1ccc(N2C(=O)[C@@H](C)N([C@H]3CC[C@H](C)CC3)c3nc(Nc4ccc5[nH]c(=O)oc5c4)ncc32)cc1C#N. The first-order valence-corrected chi connectivity index (χ1v) is 13.3. The summed E-state index contributed by atoms with van der Waals surface area (Å²) < 4.78 is 10.5. The first-order chi connectivity index (χ1) is 19.4. The minimum atomic E-state index is -0.522. The van der Waals surface area contributed by atoms with Crippen molar-refractivity contribution in [3.63, 3.8) is 0 Å². The number of oxazole rings is 1. The summed E-state index contributed by atoms with van der Waals surface area (Å²) >= 11 is 0. The van der Waals surface area contributed by atoms with Crippen molar-refractivity contribution in [1.82, 2.24) is 15.0 Å². The number of ether oxygens (including phenoxy) is 1. The van der Waals surface area contributed by atoms with E-state index in [1.807, 2.05) is 6.92 Å². The van der Waals surface area contributed by atoms with Crippen LogP contribution in [-0.4, -0.2) is 40.1 Å². The molecule has 2 aliphatic rings. The van der Waals surface area contributed by atoms with Gasteiger partial charge < -0.3 is 19.4 Å². The smallest absolute Gasteiger partial charge is 0.417 e. The van der Waals surface area contributed by atoms with Crippen molar-refractivity contribution in [2.24, 2.45) is 5.92 Å². The van der Waals surface area contributed by atoms with Crippen molar-refractivity contribution in [1.29, 1.82) is 5.26 Å². The topological polar surface area (TPSA) is 140 Å². The van der Waals surface area contributed by atoms with Gasteiger partial charge in [-0.25, -0.2) is 9.78 Å². The van der Waals surface area contributed by atoms with Gasteiger partial charge in [-0.1, -0.05) is 6.92 Å². The Labute approximate surface area is 230 Å². The molecule has 0 spiro atoms. The number of fused-ring (bicyclic) bond motifs is 2. The van der Waals surface area contributed by atoms with Gasteiger partial charge in [-0.2, -0.15) is 10.2 Å². The Balaban J connectivity index is 1.44. The van der Waals surface area contributed by atoms with E-state index in [2.05, 4.69) is 33.2 Å². The van der Waals surface area contributed by atoms with E-state index in [-0.39, 0.29) is 11.9 Å². The van der Waals surface area contributed by atoms with Crippen LogP contribution < -0.4 is 25.6 Å². The van der Waals surface area contributed by atoms with Crippen LogP contribution >= 0.6 is 0 Å². The lowest BCUT2D eigenvalue weighted by Gasteiger charge is -2.46. The first-order valence-electron chi connectivity index (χ1n) is 13.3. The van der Waals surface area contributed by atoms with Crippen molar-refractivity contribution in [3.05, 3.63) is 58.7 Å². The Morgan fingerprint density at radius 3 is 2.67 bits per heavy atom. The Kier molecular flexibility index (Phi) is 6.38. The molecular formula is C29H29N7O4. The lowest BCUT2D eigenvalue weighted by molar-refractivity contribution is -0.119. The molecule has 2 aromatic heterocycles. The number of aromatic nitrogens is 3. The molecule has 2 N–H and O–H groups in total. The highest BCUT2D eigenvalue weighted by Gasteiger charge is 2.42. The number of methoxy groups -OCH3 is 1. The van der Waals surface area contributed by atoms with Crippen molar-refractivity contribution in [3.8, 4) is 11.8 Å². The van der Waals surface area contributed by atoms with Gasteiger partial charge in [0.15, 0.2) is 11.4 Å². The maximum absolute atomic E-state index is 13.9. The van der Waals surface area contributed by atoms with Crippen molar-refractivity contribution in [2.75, 3.05) is 22.2 Å². The van der Waals surface area contributed by atoms with E-state index in [1.54, 1.807) is 47.5 Å². The second kappa shape index (κ2) is 10.0. The highest BCUT2D eigenvalue weighted by molar-refractivity contribution is 6.10. The van der Waals surface area contributed by atoms with E-state index < -0.39 is 11.8 Å². The third kappa shape index (κ3) is 4.41. The quantitative estimate of drug-likeness (QED) is 0.359. The van der Waals surface area contributed by atoms with Crippen molar-refractivity contribution < 1.29 is 13.9 Å². The van der Waals surface area contributed by atoms with E-state index in [1.165, 1.54) is 7.11 Å². The number of carbonyl (C=O) groups is 1. The summed E-state index contributed by atoms with van der Waals surface area (Å²) in [6.07, 6.45) is 5.75. The molecule has 4 aromatic rings. The number of amides is 1. The number of H-pyrrole nitrogens is 1. The molecule has 2 aromatic carbocycles. The van der Waals surface area contributed by atoms with E-state index in [4.69, 9.17) is 14.1 Å². The summed E-state index contributed by atoms with van der Waals surface area (Å²) in [5, 5.41) is 12.9. The molecule has 1 aliphatic heterocycles. The summed E-state index contributed by atoms with van der Waals surface area (Å²) in [4.78, 5) is 41.3. The van der Waals surface area contributed by atoms with Crippen LogP contribution in [0.3, 0.4) is 0 Å². The molecular weight excluding hydrogens is 510 g/mol. The number of nitrogens with one attached hydrogen (secondary N) is 2. The molecule has 11 heteroatoms. The number of nitriles is 1. The predicted octanol–water partition coefficient (Wildman–Crippen LogP) is 4.99. The molecule has 0 bridgehead atoms. The molecule has 6 rings (SSSR count). The average Bonchev–Trinajstić information content (AvgIpc) is 3.33. The molecule has 1 aliphatic carbocycles. The second-order valence-electron chi connectivity index (χ2n) is 10.4.